The highest BCUT2D eigenvalue weighted by molar-refractivity contribution is 7.91. The van der Waals surface area contributed by atoms with Crippen LogP contribution in [0.1, 0.15) is 29.8 Å². The van der Waals surface area contributed by atoms with Gasteiger partial charge in [0.05, 0.1) is 16.8 Å². The molecule has 176 valence electrons. The minimum absolute atomic E-state index is 0.116. The van der Waals surface area contributed by atoms with Crippen LogP contribution in [0.5, 0.6) is 5.75 Å². The molecule has 33 heavy (non-hydrogen) atoms. The summed E-state index contributed by atoms with van der Waals surface area (Å²) in [5.41, 5.74) is 6.29. The monoisotopic (exact) mass is 473 g/mol. The Hall–Kier alpha value is -3.38. The predicted octanol–water partition coefficient (Wildman–Crippen LogP) is 0.454. The number of amidine groups is 1. The van der Waals surface area contributed by atoms with Gasteiger partial charge in [0.2, 0.25) is 0 Å². The summed E-state index contributed by atoms with van der Waals surface area (Å²) < 4.78 is 35.3. The molecular formula is C21H27N7O4S. The highest BCUT2D eigenvalue weighted by atomic mass is 32.2. The maximum atomic E-state index is 12.9. The number of anilines is 2. The molecule has 1 saturated heterocycles. The summed E-state index contributed by atoms with van der Waals surface area (Å²) in [4.78, 5) is 19.5. The van der Waals surface area contributed by atoms with E-state index >= 15 is 0 Å². The molecule has 1 aromatic heterocycles. The molecule has 2 aliphatic rings. The normalized spacial score (nSPS) is 17.4. The van der Waals surface area contributed by atoms with Crippen molar-refractivity contribution in [1.82, 2.24) is 15.6 Å². The Kier molecular flexibility index (Phi) is 6.13. The standard InChI is InChI=1S/C21H27N7O4S/c1-21(2,13-32-16-5-3-4-15-18(16)19(22)27-33(30,31)26-15)25-20(29)14-6-7-24-17(12-14)28-10-8-23-9-11-28/h3-7,12,23,26H,8-11,13H2,1-2H3,(H2,22,27)(H,25,29). The summed E-state index contributed by atoms with van der Waals surface area (Å²) in [5, 5.41) is 6.28. The third kappa shape index (κ3) is 5.34. The van der Waals surface area contributed by atoms with Gasteiger partial charge >= 0.3 is 10.2 Å². The molecule has 3 heterocycles. The van der Waals surface area contributed by atoms with E-state index in [0.717, 1.165) is 32.0 Å². The van der Waals surface area contributed by atoms with Crippen LogP contribution in [0.2, 0.25) is 0 Å². The van der Waals surface area contributed by atoms with Crippen LogP contribution in [0.15, 0.2) is 40.9 Å². The van der Waals surface area contributed by atoms with Crippen molar-refractivity contribution in [2.45, 2.75) is 19.4 Å². The van der Waals surface area contributed by atoms with Gasteiger partial charge in [-0.05, 0) is 38.1 Å². The lowest BCUT2D eigenvalue weighted by Gasteiger charge is -2.29. The lowest BCUT2D eigenvalue weighted by molar-refractivity contribution is 0.0880. The first-order chi connectivity index (χ1) is 15.6. The van der Waals surface area contributed by atoms with E-state index < -0.39 is 15.7 Å². The van der Waals surface area contributed by atoms with E-state index in [4.69, 9.17) is 10.5 Å². The molecule has 5 N–H and O–H groups in total. The van der Waals surface area contributed by atoms with E-state index in [0.29, 0.717) is 22.6 Å². The fraction of sp³-hybridized carbons (Fsp3) is 0.381. The molecule has 4 rings (SSSR count). The third-order valence-electron chi connectivity index (χ3n) is 5.23. The van der Waals surface area contributed by atoms with E-state index in [1.165, 1.54) is 0 Å². The number of aromatic nitrogens is 1. The van der Waals surface area contributed by atoms with Crippen LogP contribution in [-0.2, 0) is 10.2 Å². The lowest BCUT2D eigenvalue weighted by atomic mass is 10.1. The van der Waals surface area contributed by atoms with Crippen molar-refractivity contribution in [1.29, 1.82) is 0 Å². The van der Waals surface area contributed by atoms with Crippen LogP contribution in [0.3, 0.4) is 0 Å². The molecule has 12 heteroatoms. The molecule has 0 bridgehead atoms. The van der Waals surface area contributed by atoms with Gasteiger partial charge in [-0.15, -0.1) is 4.40 Å². The molecule has 0 atom stereocenters. The molecule has 0 unspecified atom stereocenters. The van der Waals surface area contributed by atoms with Gasteiger partial charge < -0.3 is 26.0 Å². The van der Waals surface area contributed by atoms with Gasteiger partial charge in [-0.3, -0.25) is 9.52 Å². The van der Waals surface area contributed by atoms with E-state index in [9.17, 15) is 13.2 Å². The predicted molar refractivity (Wildman–Crippen MR) is 126 cm³/mol. The highest BCUT2D eigenvalue weighted by Crippen LogP contribution is 2.31. The van der Waals surface area contributed by atoms with Crippen LogP contribution in [0.25, 0.3) is 0 Å². The fourth-order valence-electron chi connectivity index (χ4n) is 3.64. The Morgan fingerprint density at radius 3 is 2.79 bits per heavy atom. The number of benzene rings is 1. The average Bonchev–Trinajstić information content (AvgIpc) is 2.77. The smallest absolute Gasteiger partial charge is 0.344 e. The number of hydrogen-bond acceptors (Lipinski definition) is 8. The summed E-state index contributed by atoms with van der Waals surface area (Å²) in [7, 11) is -3.88. The Morgan fingerprint density at radius 2 is 2.03 bits per heavy atom. The van der Waals surface area contributed by atoms with Crippen LogP contribution in [0.4, 0.5) is 11.5 Å². The molecule has 2 aliphatic heterocycles. The van der Waals surface area contributed by atoms with Gasteiger partial charge in [-0.25, -0.2) is 4.98 Å². The molecule has 0 radical (unpaired) electrons. The minimum atomic E-state index is -3.88. The van der Waals surface area contributed by atoms with Gasteiger partial charge in [-0.2, -0.15) is 8.42 Å². The largest absolute Gasteiger partial charge is 0.490 e. The topological polar surface area (TPSA) is 151 Å². The van der Waals surface area contributed by atoms with E-state index in [1.807, 2.05) is 13.8 Å². The number of rotatable bonds is 6. The molecule has 11 nitrogen and oxygen atoms in total. The summed E-state index contributed by atoms with van der Waals surface area (Å²) in [6, 6.07) is 8.35. The second-order valence-corrected chi connectivity index (χ2v) is 9.84. The second kappa shape index (κ2) is 8.87. The molecular weight excluding hydrogens is 446 g/mol. The van der Waals surface area contributed by atoms with E-state index in [1.54, 1.807) is 36.5 Å². The highest BCUT2D eigenvalue weighted by Gasteiger charge is 2.27. The van der Waals surface area contributed by atoms with Gasteiger partial charge in [0.1, 0.15) is 18.2 Å². The molecule has 1 aromatic carbocycles. The Morgan fingerprint density at radius 1 is 1.27 bits per heavy atom. The number of carbonyl (C=O) groups is 1. The number of carbonyl (C=O) groups excluding carboxylic acids is 1. The molecule has 0 spiro atoms. The van der Waals surface area contributed by atoms with Crippen molar-refractivity contribution in [3.05, 3.63) is 47.7 Å². The first-order valence-corrected chi connectivity index (χ1v) is 12.0. The van der Waals surface area contributed by atoms with Gasteiger partial charge in [0, 0.05) is 37.9 Å². The average molecular weight is 474 g/mol. The van der Waals surface area contributed by atoms with Gasteiger partial charge in [0.15, 0.2) is 5.84 Å². The van der Waals surface area contributed by atoms with Gasteiger partial charge in [0.25, 0.3) is 5.91 Å². The number of nitrogens with one attached hydrogen (secondary N) is 3. The maximum Gasteiger partial charge on any atom is 0.344 e. The number of nitrogens with two attached hydrogens (primary N) is 1. The zero-order chi connectivity index (χ0) is 23.6. The fourth-order valence-corrected chi connectivity index (χ4v) is 4.48. The first-order valence-electron chi connectivity index (χ1n) is 10.5. The number of nitrogens with zero attached hydrogens (tertiary/aromatic N) is 3. The van der Waals surface area contributed by atoms with Crippen LogP contribution >= 0.6 is 0 Å². The zero-order valence-corrected chi connectivity index (χ0v) is 19.3. The molecule has 1 fully saturated rings. The summed E-state index contributed by atoms with van der Waals surface area (Å²) in [6.07, 6.45) is 1.63. The van der Waals surface area contributed by atoms with E-state index in [2.05, 4.69) is 29.6 Å². The van der Waals surface area contributed by atoms with Crippen molar-refractivity contribution < 1.29 is 17.9 Å². The van der Waals surface area contributed by atoms with Crippen molar-refractivity contribution in [3.8, 4) is 5.75 Å². The first kappa shape index (κ1) is 22.8. The number of hydrogen-bond donors (Lipinski definition) is 4. The van der Waals surface area contributed by atoms with Crippen molar-refractivity contribution in [2.24, 2.45) is 10.1 Å². The number of fused-ring (bicyclic) bond motifs is 1. The quantitative estimate of drug-likeness (QED) is 0.472. The molecule has 1 amide bonds. The SMILES string of the molecule is CC(C)(COc1cccc2c1C(N)=NS(=O)(=O)N2)NC(=O)c1ccnc(N2CCNCC2)c1. The van der Waals surface area contributed by atoms with E-state index in [-0.39, 0.29) is 18.3 Å². The molecule has 2 aromatic rings. The van der Waals surface area contributed by atoms with Gasteiger partial charge in [-0.1, -0.05) is 6.07 Å². The molecule has 0 aliphatic carbocycles. The Labute approximate surface area is 192 Å². The summed E-state index contributed by atoms with van der Waals surface area (Å²) in [6.45, 7) is 7.20. The number of pyridine rings is 1. The van der Waals surface area contributed by atoms with Crippen LogP contribution < -0.4 is 30.7 Å². The van der Waals surface area contributed by atoms with Crippen LogP contribution in [0, 0.1) is 0 Å². The number of piperazine rings is 1. The summed E-state index contributed by atoms with van der Waals surface area (Å²) in [5.74, 6) is 0.736. The van der Waals surface area contributed by atoms with Crippen LogP contribution in [-0.4, -0.2) is 63.5 Å². The second-order valence-electron chi connectivity index (χ2n) is 8.50. The van der Waals surface area contributed by atoms with Crippen molar-refractivity contribution in [3.63, 3.8) is 0 Å². The Balaban J connectivity index is 1.44. The lowest BCUT2D eigenvalue weighted by Crippen LogP contribution is -2.48. The number of amides is 1. The molecule has 0 saturated carbocycles. The third-order valence-corrected chi connectivity index (χ3v) is 6.14. The maximum absolute atomic E-state index is 12.9. The number of ether oxygens (including phenoxy) is 1. The van der Waals surface area contributed by atoms with Crippen molar-refractivity contribution in [2.75, 3.05) is 42.4 Å². The zero-order valence-electron chi connectivity index (χ0n) is 18.5. The summed E-state index contributed by atoms with van der Waals surface area (Å²) >= 11 is 0. The minimum Gasteiger partial charge on any atom is -0.490 e. The Bertz CT molecular complexity index is 1190. The van der Waals surface area contributed by atoms with Crippen molar-refractivity contribution >= 4 is 33.5 Å².